The Balaban J connectivity index is 1.70. The number of hydrogen-bond acceptors (Lipinski definition) is 8. The Morgan fingerprint density at radius 2 is 2.03 bits per heavy atom. The van der Waals surface area contributed by atoms with Gasteiger partial charge in [-0.25, -0.2) is 0 Å². The second-order valence-electron chi connectivity index (χ2n) is 6.75. The zero-order valence-electron chi connectivity index (χ0n) is 16.6. The molecule has 0 unspecified atom stereocenters. The lowest BCUT2D eigenvalue weighted by Crippen LogP contribution is -2.64. The number of hydrazone groups is 1. The number of nitrogens with zero attached hydrogens (tertiary/aromatic N) is 7. The van der Waals surface area contributed by atoms with Crippen LogP contribution in [0.2, 0.25) is 0 Å². The number of anilines is 1. The van der Waals surface area contributed by atoms with Crippen LogP contribution in [0.15, 0.2) is 71.3 Å². The molecule has 2 aromatic heterocycles. The Kier molecular flexibility index (Phi) is 4.28. The molecule has 3 aromatic rings. The monoisotopic (exact) mass is 419 g/mol. The van der Waals surface area contributed by atoms with E-state index < -0.39 is 11.2 Å². The van der Waals surface area contributed by atoms with E-state index in [2.05, 4.69) is 10.1 Å². The standard InChI is InChI=1S/C20H17N7O4/c1-30-15-6-7-17(31-2)16(10-15)25-20-24-12-14(27(28)29)5-8-18(24)26(20)23-19(22-25)13-4-3-9-21-11-13/h3-12,20H,1-2H3/q+2/t20-/m0/s1. The molecule has 1 aromatic carbocycles. The number of hydrogen-bond donors (Lipinski definition) is 0. The Hall–Kier alpha value is -4.41. The largest absolute Gasteiger partial charge is 0.497 e. The molecule has 5 rings (SSSR count). The molecule has 0 bridgehead atoms. The number of fused-ring (bicyclic) bond motifs is 4. The van der Waals surface area contributed by atoms with Gasteiger partial charge >= 0.3 is 17.8 Å². The van der Waals surface area contributed by atoms with Crippen molar-refractivity contribution in [2.45, 2.75) is 6.29 Å². The van der Waals surface area contributed by atoms with Crippen molar-refractivity contribution < 1.29 is 23.7 Å². The minimum Gasteiger partial charge on any atom is -0.497 e. The molecule has 11 nitrogen and oxygen atoms in total. The van der Waals surface area contributed by atoms with Gasteiger partial charge < -0.3 is 9.47 Å². The minimum atomic E-state index is -0.545. The minimum absolute atomic E-state index is 0.0250. The number of rotatable bonds is 5. The first-order chi connectivity index (χ1) is 15.1. The van der Waals surface area contributed by atoms with E-state index in [1.807, 2.05) is 6.07 Å². The predicted molar refractivity (Wildman–Crippen MR) is 107 cm³/mol. The van der Waals surface area contributed by atoms with Crippen LogP contribution in [0, 0.1) is 10.1 Å². The van der Waals surface area contributed by atoms with Gasteiger partial charge in [0.15, 0.2) is 0 Å². The summed E-state index contributed by atoms with van der Waals surface area (Å²) in [5, 5.41) is 22.4. The van der Waals surface area contributed by atoms with Crippen LogP contribution >= 0.6 is 0 Å². The molecule has 0 amide bonds. The molecule has 2 aliphatic heterocycles. The van der Waals surface area contributed by atoms with Gasteiger partial charge in [-0.3, -0.25) is 15.1 Å². The van der Waals surface area contributed by atoms with E-state index in [9.17, 15) is 10.1 Å². The maximum absolute atomic E-state index is 11.3. The van der Waals surface area contributed by atoms with Crippen LogP contribution in [-0.2, 0) is 0 Å². The van der Waals surface area contributed by atoms with E-state index in [0.717, 1.165) is 5.56 Å². The molecule has 2 aliphatic rings. The van der Waals surface area contributed by atoms with Gasteiger partial charge in [0.2, 0.25) is 5.84 Å². The van der Waals surface area contributed by atoms with Crippen LogP contribution in [0.25, 0.3) is 0 Å². The van der Waals surface area contributed by atoms with Crippen molar-refractivity contribution in [3.8, 4) is 11.5 Å². The summed E-state index contributed by atoms with van der Waals surface area (Å²) in [6.45, 7) is 0. The highest BCUT2D eigenvalue weighted by molar-refractivity contribution is 5.99. The summed E-state index contributed by atoms with van der Waals surface area (Å²) in [6.07, 6.45) is 4.27. The van der Waals surface area contributed by atoms with Gasteiger partial charge in [-0.05, 0) is 28.8 Å². The van der Waals surface area contributed by atoms with Gasteiger partial charge in [-0.2, -0.15) is 0 Å². The Bertz CT molecular complexity index is 1260. The predicted octanol–water partition coefficient (Wildman–Crippen LogP) is 2.74. The smallest absolute Gasteiger partial charge is 0.493 e. The molecule has 11 heteroatoms. The van der Waals surface area contributed by atoms with Crippen LogP contribution in [-0.4, -0.2) is 34.7 Å². The molecule has 1 atom stereocenters. The average molecular weight is 419 g/mol. The maximum atomic E-state index is 11.3. The third-order valence-corrected chi connectivity index (χ3v) is 5.03. The average Bonchev–Trinajstić information content (AvgIpc) is 2.81. The Morgan fingerprint density at radius 3 is 2.74 bits per heavy atom. The summed E-state index contributed by atoms with van der Waals surface area (Å²) in [7, 11) is 3.14. The lowest BCUT2D eigenvalue weighted by atomic mass is 10.2. The van der Waals surface area contributed by atoms with Gasteiger partial charge in [-0.1, -0.05) is 0 Å². The summed E-state index contributed by atoms with van der Waals surface area (Å²) in [5.41, 5.74) is 1.33. The quantitative estimate of drug-likeness (QED) is 0.357. The van der Waals surface area contributed by atoms with E-state index in [4.69, 9.17) is 14.6 Å². The van der Waals surface area contributed by atoms with Crippen molar-refractivity contribution in [2.75, 3.05) is 19.2 Å². The topological polar surface area (TPSA) is 109 Å². The zero-order valence-corrected chi connectivity index (χ0v) is 16.6. The van der Waals surface area contributed by atoms with E-state index in [1.165, 1.54) is 12.3 Å². The molecule has 4 heterocycles. The van der Waals surface area contributed by atoms with Crippen molar-refractivity contribution in [2.24, 2.45) is 10.2 Å². The van der Waals surface area contributed by atoms with Crippen molar-refractivity contribution >= 4 is 23.0 Å². The van der Waals surface area contributed by atoms with Crippen molar-refractivity contribution in [1.29, 1.82) is 0 Å². The number of ether oxygens (including phenoxy) is 2. The highest BCUT2D eigenvalue weighted by atomic mass is 16.6. The highest BCUT2D eigenvalue weighted by Gasteiger charge is 2.61. The molecular formula is C20H17N7O4+2. The number of benzene rings is 1. The summed E-state index contributed by atoms with van der Waals surface area (Å²) < 4.78 is 14.4. The number of nitro groups is 1. The van der Waals surface area contributed by atoms with Crippen LogP contribution in [0.3, 0.4) is 0 Å². The summed E-state index contributed by atoms with van der Waals surface area (Å²) in [4.78, 5) is 15.0. The first-order valence-electron chi connectivity index (χ1n) is 9.31. The van der Waals surface area contributed by atoms with Crippen LogP contribution in [0.1, 0.15) is 11.9 Å². The summed E-state index contributed by atoms with van der Waals surface area (Å²) in [6, 6.07) is 12.1. The van der Waals surface area contributed by atoms with Gasteiger partial charge in [0.25, 0.3) is 6.20 Å². The van der Waals surface area contributed by atoms with Crippen LogP contribution in [0.4, 0.5) is 17.2 Å². The summed E-state index contributed by atoms with van der Waals surface area (Å²) in [5.74, 6) is 2.32. The van der Waals surface area contributed by atoms with E-state index >= 15 is 0 Å². The third-order valence-electron chi connectivity index (χ3n) is 5.03. The molecule has 0 radical (unpaired) electrons. The molecule has 0 spiro atoms. The third kappa shape index (κ3) is 2.94. The lowest BCUT2D eigenvalue weighted by molar-refractivity contribution is -0.987. The molecule has 0 fully saturated rings. The fourth-order valence-corrected chi connectivity index (χ4v) is 3.53. The second-order valence-corrected chi connectivity index (χ2v) is 6.75. The lowest BCUT2D eigenvalue weighted by Gasteiger charge is -2.28. The zero-order chi connectivity index (χ0) is 21.5. The van der Waals surface area contributed by atoms with Gasteiger partial charge in [0, 0.05) is 35.2 Å². The van der Waals surface area contributed by atoms with Crippen molar-refractivity contribution in [3.63, 3.8) is 0 Å². The van der Waals surface area contributed by atoms with Gasteiger partial charge in [0.05, 0.1) is 29.9 Å². The number of pyridine rings is 2. The normalized spacial score (nSPS) is 16.3. The highest BCUT2D eigenvalue weighted by Crippen LogP contribution is 2.41. The Morgan fingerprint density at radius 1 is 1.16 bits per heavy atom. The van der Waals surface area contributed by atoms with Gasteiger partial charge in [-0.15, -0.1) is 10.1 Å². The number of amidine groups is 1. The number of azo groups is 2. The second kappa shape index (κ2) is 7.13. The molecule has 0 saturated heterocycles. The Labute approximate surface area is 176 Å². The molecule has 0 saturated carbocycles. The molecule has 0 N–H and O–H groups in total. The fraction of sp³-hybridized carbons (Fsp3) is 0.150. The van der Waals surface area contributed by atoms with Crippen LogP contribution < -0.4 is 19.0 Å². The number of methoxy groups -OCH3 is 2. The molecule has 0 aliphatic carbocycles. The molecule has 154 valence electrons. The van der Waals surface area contributed by atoms with E-state index in [0.29, 0.717) is 28.8 Å². The first-order valence-corrected chi connectivity index (χ1v) is 9.31. The molecule has 31 heavy (non-hydrogen) atoms. The summed E-state index contributed by atoms with van der Waals surface area (Å²) >= 11 is 0. The first kappa shape index (κ1) is 18.6. The van der Waals surface area contributed by atoms with E-state index in [1.54, 1.807) is 71.2 Å². The van der Waals surface area contributed by atoms with Gasteiger partial charge in [0.1, 0.15) is 17.2 Å². The van der Waals surface area contributed by atoms with Crippen molar-refractivity contribution in [1.82, 2.24) is 4.98 Å². The van der Waals surface area contributed by atoms with Crippen LogP contribution in [0.5, 0.6) is 11.5 Å². The van der Waals surface area contributed by atoms with Crippen molar-refractivity contribution in [3.05, 3.63) is 76.7 Å². The fourth-order valence-electron chi connectivity index (χ4n) is 3.53. The van der Waals surface area contributed by atoms with E-state index in [-0.39, 0.29) is 5.69 Å². The maximum Gasteiger partial charge on any atom is 0.493 e. The molecular weight excluding hydrogens is 402 g/mol. The SMILES string of the molecule is COc1ccc(OC)c(N2N=C(c3cccnc3)N=[N+]3c4ccc([N+](=O)[O-])c[n+]4[C@@H]23)c1. The number of aromatic nitrogens is 2.